The molecule has 2 aromatic carbocycles. The molecule has 24 heavy (non-hydrogen) atoms. The van der Waals surface area contributed by atoms with Crippen LogP contribution < -0.4 is 5.32 Å². The van der Waals surface area contributed by atoms with E-state index in [0.29, 0.717) is 5.56 Å². The first kappa shape index (κ1) is 17.5. The van der Waals surface area contributed by atoms with Gasteiger partial charge in [-0.1, -0.05) is 18.2 Å². The third-order valence-corrected chi connectivity index (χ3v) is 3.31. The summed E-state index contributed by atoms with van der Waals surface area (Å²) in [6.07, 6.45) is -1.70. The molecule has 0 saturated heterocycles. The van der Waals surface area contributed by atoms with Crippen LogP contribution in [0.4, 0.5) is 14.5 Å². The predicted molar refractivity (Wildman–Crippen MR) is 81.1 cm³/mol. The fourth-order valence-electron chi connectivity index (χ4n) is 2.17. The van der Waals surface area contributed by atoms with Crippen LogP contribution in [0.5, 0.6) is 0 Å². The highest BCUT2D eigenvalue weighted by atomic mass is 19.1. The molecule has 0 aliphatic rings. The number of nitrogens with one attached hydrogen (secondary N) is 1. The maximum atomic E-state index is 13.5. The monoisotopic (exact) mass is 336 g/mol. The molecule has 8 heteroatoms. The summed E-state index contributed by atoms with van der Waals surface area (Å²) < 4.78 is 27.0. The van der Waals surface area contributed by atoms with Gasteiger partial charge in [-0.25, -0.2) is 8.78 Å². The number of aliphatic hydroxyl groups is 1. The zero-order valence-corrected chi connectivity index (χ0v) is 12.4. The Morgan fingerprint density at radius 3 is 2.46 bits per heavy atom. The molecule has 2 aromatic rings. The van der Waals surface area contributed by atoms with Crippen LogP contribution in [0.15, 0.2) is 42.5 Å². The standard InChI is InChI=1S/C16H14F2N2O4/c17-12-5-2-6-13(18)16(12)14(21)9-19-15(22)8-10-3-1-4-11(7-10)20(23)24/h1-7,14,21H,8-9H2,(H,19,22)/t14-/m1/s1. The lowest BCUT2D eigenvalue weighted by Crippen LogP contribution is -2.30. The van der Waals surface area contributed by atoms with Crippen LogP contribution in [-0.2, 0) is 11.2 Å². The Bertz CT molecular complexity index is 747. The van der Waals surface area contributed by atoms with Crippen molar-refractivity contribution in [1.29, 1.82) is 0 Å². The third kappa shape index (κ3) is 4.32. The van der Waals surface area contributed by atoms with Gasteiger partial charge in [-0.3, -0.25) is 14.9 Å². The Balaban J connectivity index is 1.96. The Labute approximate surface area is 135 Å². The van der Waals surface area contributed by atoms with Crippen LogP contribution in [0.1, 0.15) is 17.2 Å². The number of hydrogen-bond acceptors (Lipinski definition) is 4. The number of carbonyl (C=O) groups is 1. The first-order chi connectivity index (χ1) is 11.4. The Morgan fingerprint density at radius 1 is 1.21 bits per heavy atom. The minimum atomic E-state index is -1.54. The predicted octanol–water partition coefficient (Wildman–Crippen LogP) is 2.27. The molecule has 0 aromatic heterocycles. The second-order valence-electron chi connectivity index (χ2n) is 5.06. The van der Waals surface area contributed by atoms with E-state index in [-0.39, 0.29) is 18.7 Å². The number of carbonyl (C=O) groups excluding carboxylic acids is 1. The number of aliphatic hydroxyl groups excluding tert-OH is 1. The normalized spacial score (nSPS) is 11.8. The van der Waals surface area contributed by atoms with Gasteiger partial charge in [0.2, 0.25) is 5.91 Å². The van der Waals surface area contributed by atoms with Crippen molar-refractivity contribution < 1.29 is 23.6 Å². The molecule has 0 radical (unpaired) electrons. The van der Waals surface area contributed by atoms with Gasteiger partial charge in [0.05, 0.1) is 16.9 Å². The molecule has 6 nitrogen and oxygen atoms in total. The van der Waals surface area contributed by atoms with Gasteiger partial charge in [0.1, 0.15) is 17.7 Å². The molecule has 0 aliphatic carbocycles. The van der Waals surface area contributed by atoms with E-state index in [1.54, 1.807) is 6.07 Å². The zero-order chi connectivity index (χ0) is 17.7. The Kier molecular flexibility index (Phi) is 5.54. The second kappa shape index (κ2) is 7.60. The largest absolute Gasteiger partial charge is 0.386 e. The van der Waals surface area contributed by atoms with Gasteiger partial charge in [-0.2, -0.15) is 0 Å². The summed E-state index contributed by atoms with van der Waals surface area (Å²) in [5.74, 6) is -2.35. The molecule has 1 amide bonds. The van der Waals surface area contributed by atoms with Crippen molar-refractivity contribution in [2.45, 2.75) is 12.5 Å². The Morgan fingerprint density at radius 2 is 1.83 bits per heavy atom. The summed E-state index contributed by atoms with van der Waals surface area (Å²) >= 11 is 0. The number of halogens is 2. The number of benzene rings is 2. The number of amides is 1. The molecule has 0 heterocycles. The summed E-state index contributed by atoms with van der Waals surface area (Å²) in [4.78, 5) is 21.9. The number of nitro groups is 1. The van der Waals surface area contributed by atoms with E-state index in [4.69, 9.17) is 0 Å². The van der Waals surface area contributed by atoms with Gasteiger partial charge in [0.15, 0.2) is 0 Å². The van der Waals surface area contributed by atoms with Crippen LogP contribution in [0, 0.1) is 21.7 Å². The minimum absolute atomic E-state index is 0.145. The average molecular weight is 336 g/mol. The lowest BCUT2D eigenvalue weighted by Gasteiger charge is -2.14. The number of nitro benzene ring substituents is 1. The molecule has 2 rings (SSSR count). The van der Waals surface area contributed by atoms with E-state index < -0.39 is 34.1 Å². The summed E-state index contributed by atoms with van der Waals surface area (Å²) in [5, 5.41) is 22.8. The van der Waals surface area contributed by atoms with Gasteiger partial charge in [-0.15, -0.1) is 0 Å². The summed E-state index contributed by atoms with van der Waals surface area (Å²) in [6.45, 7) is -0.383. The van der Waals surface area contributed by atoms with Gasteiger partial charge < -0.3 is 10.4 Å². The van der Waals surface area contributed by atoms with E-state index in [2.05, 4.69) is 5.32 Å². The van der Waals surface area contributed by atoms with Crippen molar-refractivity contribution in [3.63, 3.8) is 0 Å². The number of rotatable bonds is 6. The molecule has 1 atom stereocenters. The van der Waals surface area contributed by atoms with Crippen LogP contribution in [0.25, 0.3) is 0 Å². The van der Waals surface area contributed by atoms with Crippen LogP contribution in [0.3, 0.4) is 0 Å². The SMILES string of the molecule is O=C(Cc1cccc([N+](=O)[O-])c1)NC[C@@H](O)c1c(F)cccc1F. The fourth-order valence-corrected chi connectivity index (χ4v) is 2.17. The lowest BCUT2D eigenvalue weighted by atomic mass is 10.1. The molecule has 0 unspecified atom stereocenters. The third-order valence-electron chi connectivity index (χ3n) is 3.31. The van der Waals surface area contributed by atoms with E-state index >= 15 is 0 Å². The topological polar surface area (TPSA) is 92.5 Å². The van der Waals surface area contributed by atoms with Crippen molar-refractivity contribution in [1.82, 2.24) is 5.32 Å². The van der Waals surface area contributed by atoms with Gasteiger partial charge in [0, 0.05) is 18.7 Å². The molecule has 126 valence electrons. The minimum Gasteiger partial charge on any atom is -0.386 e. The lowest BCUT2D eigenvalue weighted by molar-refractivity contribution is -0.384. The molecular weight excluding hydrogens is 322 g/mol. The van der Waals surface area contributed by atoms with Crippen LogP contribution in [-0.4, -0.2) is 22.5 Å². The quantitative estimate of drug-likeness (QED) is 0.625. The van der Waals surface area contributed by atoms with Gasteiger partial charge in [-0.05, 0) is 17.7 Å². The maximum Gasteiger partial charge on any atom is 0.269 e. The first-order valence-corrected chi connectivity index (χ1v) is 7.00. The Hall–Kier alpha value is -2.87. The van der Waals surface area contributed by atoms with Crippen molar-refractivity contribution in [3.05, 3.63) is 75.3 Å². The first-order valence-electron chi connectivity index (χ1n) is 7.00. The number of nitrogens with zero attached hydrogens (tertiary/aromatic N) is 1. The van der Waals surface area contributed by atoms with E-state index in [1.165, 1.54) is 24.3 Å². The number of hydrogen-bond donors (Lipinski definition) is 2. The molecule has 0 fully saturated rings. The van der Waals surface area contributed by atoms with Gasteiger partial charge in [0.25, 0.3) is 5.69 Å². The summed E-state index contributed by atoms with van der Waals surface area (Å²) in [7, 11) is 0. The molecule has 2 N–H and O–H groups in total. The molecule has 0 spiro atoms. The van der Waals surface area contributed by atoms with E-state index in [9.17, 15) is 28.8 Å². The highest BCUT2D eigenvalue weighted by Crippen LogP contribution is 2.20. The zero-order valence-electron chi connectivity index (χ0n) is 12.4. The van der Waals surface area contributed by atoms with Crippen molar-refractivity contribution in [2.24, 2.45) is 0 Å². The summed E-state index contributed by atoms with van der Waals surface area (Å²) in [5.41, 5.74) is -0.254. The molecule has 0 saturated carbocycles. The molecule has 0 aliphatic heterocycles. The van der Waals surface area contributed by atoms with E-state index in [0.717, 1.165) is 12.1 Å². The van der Waals surface area contributed by atoms with Crippen molar-refractivity contribution >= 4 is 11.6 Å². The van der Waals surface area contributed by atoms with Crippen molar-refractivity contribution in [3.8, 4) is 0 Å². The smallest absolute Gasteiger partial charge is 0.269 e. The van der Waals surface area contributed by atoms with Gasteiger partial charge >= 0.3 is 0 Å². The van der Waals surface area contributed by atoms with E-state index in [1.807, 2.05) is 0 Å². The maximum absolute atomic E-state index is 13.5. The van der Waals surface area contributed by atoms with Crippen LogP contribution in [0.2, 0.25) is 0 Å². The van der Waals surface area contributed by atoms with Crippen molar-refractivity contribution in [2.75, 3.05) is 6.54 Å². The molecule has 0 bridgehead atoms. The summed E-state index contributed by atoms with van der Waals surface area (Å²) in [6, 6.07) is 8.73. The second-order valence-corrected chi connectivity index (χ2v) is 5.06. The van der Waals surface area contributed by atoms with Crippen LogP contribution >= 0.6 is 0 Å². The fraction of sp³-hybridized carbons (Fsp3) is 0.188. The molecular formula is C16H14F2N2O4. The number of non-ortho nitro benzene ring substituents is 1. The highest BCUT2D eigenvalue weighted by molar-refractivity contribution is 5.78. The highest BCUT2D eigenvalue weighted by Gasteiger charge is 2.18. The average Bonchev–Trinajstić information content (AvgIpc) is 2.53.